The molecule has 0 amide bonds. The van der Waals surface area contributed by atoms with E-state index in [-0.39, 0.29) is 0 Å². The number of nitrogens with one attached hydrogen (secondary N) is 4. The van der Waals surface area contributed by atoms with Gasteiger partial charge in [-0.1, -0.05) is 6.07 Å². The molecular formula is C20H17N7. The Kier molecular flexibility index (Phi) is 3.58. The lowest BCUT2D eigenvalue weighted by atomic mass is 10.2. The molecule has 0 unspecified atom stereocenters. The van der Waals surface area contributed by atoms with Crippen LogP contribution in [0.15, 0.2) is 60.8 Å². The smallest absolute Gasteiger partial charge is 0.157 e. The van der Waals surface area contributed by atoms with Gasteiger partial charge >= 0.3 is 0 Å². The number of hydrogen-bond acceptors (Lipinski definition) is 5. The predicted octanol–water partition coefficient (Wildman–Crippen LogP) is 3.71. The maximum atomic E-state index is 4.71. The van der Waals surface area contributed by atoms with Gasteiger partial charge in [0.15, 0.2) is 5.82 Å². The maximum absolute atomic E-state index is 4.71. The van der Waals surface area contributed by atoms with E-state index in [1.807, 2.05) is 55.6 Å². The number of benzene rings is 2. The number of hydrogen-bond donors (Lipinski definition) is 4. The first kappa shape index (κ1) is 15.5. The van der Waals surface area contributed by atoms with E-state index in [4.69, 9.17) is 4.98 Å². The Balaban J connectivity index is 1.55. The summed E-state index contributed by atoms with van der Waals surface area (Å²) in [5.41, 5.74) is 12.5. The summed E-state index contributed by atoms with van der Waals surface area (Å²) in [6.07, 6.45) is 1.76. The Morgan fingerprint density at radius 3 is 2.41 bits per heavy atom. The summed E-state index contributed by atoms with van der Waals surface area (Å²) >= 11 is 0. The van der Waals surface area contributed by atoms with Crippen LogP contribution >= 0.6 is 0 Å². The first-order chi connectivity index (χ1) is 13.3. The molecule has 0 saturated carbocycles. The average Bonchev–Trinajstić information content (AvgIpc) is 3.32. The van der Waals surface area contributed by atoms with E-state index in [9.17, 15) is 0 Å². The number of aromatic nitrogens is 5. The number of rotatable bonds is 4. The molecular weight excluding hydrogens is 338 g/mol. The number of hydrazine groups is 1. The molecule has 0 radical (unpaired) electrons. The van der Waals surface area contributed by atoms with Crippen molar-refractivity contribution >= 4 is 27.8 Å². The Bertz CT molecular complexity index is 1240. The van der Waals surface area contributed by atoms with Crippen LogP contribution in [0.5, 0.6) is 0 Å². The third-order valence-electron chi connectivity index (χ3n) is 4.41. The molecule has 0 aliphatic carbocycles. The van der Waals surface area contributed by atoms with Gasteiger partial charge in [0.1, 0.15) is 11.5 Å². The van der Waals surface area contributed by atoms with Crippen LogP contribution in [0.3, 0.4) is 0 Å². The molecule has 27 heavy (non-hydrogen) atoms. The summed E-state index contributed by atoms with van der Waals surface area (Å²) < 4.78 is 0. The number of aromatic amines is 2. The lowest BCUT2D eigenvalue weighted by Gasteiger charge is -2.02. The standard InChI is InChI=1S/C20H17N7/c1-21-27-13-6-8-15-18(11-13)25-19(23-15)12-5-7-14-17(10-12)26-20(24-14)16-4-2-3-9-22-16/h2-11,21,27H,1H3,(H,23,25)(H,24,26). The van der Waals surface area contributed by atoms with Gasteiger partial charge in [0.05, 0.1) is 27.8 Å². The minimum atomic E-state index is 0.759. The van der Waals surface area contributed by atoms with Crippen LogP contribution in [0.25, 0.3) is 45.0 Å². The largest absolute Gasteiger partial charge is 0.338 e. The molecule has 3 heterocycles. The van der Waals surface area contributed by atoms with E-state index in [1.165, 1.54) is 0 Å². The quantitative estimate of drug-likeness (QED) is 0.369. The Hall–Kier alpha value is -3.71. The van der Waals surface area contributed by atoms with Crippen LogP contribution in [0.2, 0.25) is 0 Å². The van der Waals surface area contributed by atoms with Gasteiger partial charge in [-0.05, 0) is 48.5 Å². The molecule has 0 spiro atoms. The highest BCUT2D eigenvalue weighted by Crippen LogP contribution is 2.26. The zero-order chi connectivity index (χ0) is 18.2. The second-order valence-electron chi connectivity index (χ2n) is 6.22. The number of nitrogens with zero attached hydrogens (tertiary/aromatic N) is 3. The third kappa shape index (κ3) is 2.80. The lowest BCUT2D eigenvalue weighted by molar-refractivity contribution is 0.985. The zero-order valence-electron chi connectivity index (χ0n) is 14.6. The first-order valence-electron chi connectivity index (χ1n) is 8.64. The molecule has 0 bridgehead atoms. The number of anilines is 1. The molecule has 5 aromatic rings. The van der Waals surface area contributed by atoms with Crippen molar-refractivity contribution in [1.82, 2.24) is 30.3 Å². The van der Waals surface area contributed by atoms with Crippen LogP contribution in [-0.2, 0) is 0 Å². The molecule has 3 aromatic heterocycles. The minimum Gasteiger partial charge on any atom is -0.338 e. The summed E-state index contributed by atoms with van der Waals surface area (Å²) in [6.45, 7) is 0. The summed E-state index contributed by atoms with van der Waals surface area (Å²) in [6, 6.07) is 17.9. The maximum Gasteiger partial charge on any atom is 0.157 e. The van der Waals surface area contributed by atoms with Crippen LogP contribution in [0, 0.1) is 0 Å². The Labute approximate surface area is 154 Å². The zero-order valence-corrected chi connectivity index (χ0v) is 14.6. The topological polar surface area (TPSA) is 94.3 Å². The van der Waals surface area contributed by atoms with E-state index in [0.29, 0.717) is 0 Å². The number of pyridine rings is 1. The van der Waals surface area contributed by atoms with Crippen molar-refractivity contribution in [2.75, 3.05) is 12.5 Å². The Morgan fingerprint density at radius 2 is 1.59 bits per heavy atom. The summed E-state index contributed by atoms with van der Waals surface area (Å²) in [5, 5.41) is 0. The van der Waals surface area contributed by atoms with Gasteiger partial charge in [-0.25, -0.2) is 15.4 Å². The average molecular weight is 355 g/mol. The van der Waals surface area contributed by atoms with Crippen molar-refractivity contribution in [2.24, 2.45) is 0 Å². The molecule has 2 aromatic carbocycles. The summed E-state index contributed by atoms with van der Waals surface area (Å²) in [5.74, 6) is 1.58. The van der Waals surface area contributed by atoms with E-state index in [1.54, 1.807) is 6.20 Å². The van der Waals surface area contributed by atoms with Crippen LogP contribution in [-0.4, -0.2) is 32.0 Å². The van der Waals surface area contributed by atoms with Crippen molar-refractivity contribution in [3.8, 4) is 22.9 Å². The van der Waals surface area contributed by atoms with Gasteiger partial charge in [0.2, 0.25) is 0 Å². The molecule has 7 nitrogen and oxygen atoms in total. The predicted molar refractivity (Wildman–Crippen MR) is 107 cm³/mol. The van der Waals surface area contributed by atoms with E-state index in [0.717, 1.165) is 50.7 Å². The van der Waals surface area contributed by atoms with Gasteiger partial charge < -0.3 is 15.4 Å². The molecule has 0 aliphatic rings. The molecule has 132 valence electrons. The lowest BCUT2D eigenvalue weighted by Crippen LogP contribution is -2.14. The second-order valence-corrected chi connectivity index (χ2v) is 6.22. The molecule has 4 N–H and O–H groups in total. The molecule has 0 aliphatic heterocycles. The molecule has 0 saturated heterocycles. The number of H-pyrrole nitrogens is 2. The summed E-state index contributed by atoms with van der Waals surface area (Å²) in [4.78, 5) is 20.4. The van der Waals surface area contributed by atoms with Gasteiger partial charge in [-0.15, -0.1) is 0 Å². The molecule has 7 heteroatoms. The Morgan fingerprint density at radius 1 is 0.815 bits per heavy atom. The SMILES string of the molecule is CNNc1ccc2nc(-c3ccc4nc(-c5ccccn5)[nH]c4c3)[nH]c2c1. The molecule has 5 rings (SSSR count). The molecule has 0 atom stereocenters. The summed E-state index contributed by atoms with van der Waals surface area (Å²) in [7, 11) is 1.83. The van der Waals surface area contributed by atoms with Gasteiger partial charge in [-0.3, -0.25) is 4.98 Å². The number of fused-ring (bicyclic) bond motifs is 2. The van der Waals surface area contributed by atoms with Gasteiger partial charge in [-0.2, -0.15) is 0 Å². The fraction of sp³-hybridized carbons (Fsp3) is 0.0500. The van der Waals surface area contributed by atoms with Crippen molar-refractivity contribution in [3.63, 3.8) is 0 Å². The monoisotopic (exact) mass is 355 g/mol. The highest BCUT2D eigenvalue weighted by atomic mass is 15.3. The highest BCUT2D eigenvalue weighted by Gasteiger charge is 2.10. The van der Waals surface area contributed by atoms with Crippen molar-refractivity contribution in [3.05, 3.63) is 60.8 Å². The fourth-order valence-corrected chi connectivity index (χ4v) is 3.15. The fourth-order valence-electron chi connectivity index (χ4n) is 3.15. The van der Waals surface area contributed by atoms with E-state index in [2.05, 4.69) is 36.9 Å². The minimum absolute atomic E-state index is 0.759. The third-order valence-corrected chi connectivity index (χ3v) is 4.41. The normalized spacial score (nSPS) is 11.3. The van der Waals surface area contributed by atoms with Gasteiger partial charge in [0.25, 0.3) is 0 Å². The number of imidazole rings is 2. The van der Waals surface area contributed by atoms with Crippen LogP contribution < -0.4 is 10.9 Å². The van der Waals surface area contributed by atoms with Crippen LogP contribution in [0.4, 0.5) is 5.69 Å². The van der Waals surface area contributed by atoms with Crippen molar-refractivity contribution in [2.45, 2.75) is 0 Å². The van der Waals surface area contributed by atoms with Crippen molar-refractivity contribution in [1.29, 1.82) is 0 Å². The van der Waals surface area contributed by atoms with Crippen LogP contribution in [0.1, 0.15) is 0 Å². The van der Waals surface area contributed by atoms with Gasteiger partial charge in [0, 0.05) is 18.8 Å². The second kappa shape index (κ2) is 6.22. The highest BCUT2D eigenvalue weighted by molar-refractivity contribution is 5.86. The van der Waals surface area contributed by atoms with Crippen molar-refractivity contribution < 1.29 is 0 Å². The van der Waals surface area contributed by atoms with E-state index >= 15 is 0 Å². The van der Waals surface area contributed by atoms with E-state index < -0.39 is 0 Å². The first-order valence-corrected chi connectivity index (χ1v) is 8.64. The molecule has 0 fully saturated rings.